The summed E-state index contributed by atoms with van der Waals surface area (Å²) in [6.07, 6.45) is 9.25. The van der Waals surface area contributed by atoms with Crippen LogP contribution in [0.2, 0.25) is 0 Å². The van der Waals surface area contributed by atoms with E-state index in [0.717, 1.165) is 51.1 Å². The van der Waals surface area contributed by atoms with Crippen molar-refractivity contribution < 1.29 is 4.79 Å². The number of likely N-dealkylation sites (tertiary alicyclic amines) is 1. The fourth-order valence-electron chi connectivity index (χ4n) is 3.85. The monoisotopic (exact) mass is 342 g/mol. The van der Waals surface area contributed by atoms with Crippen LogP contribution in [0.3, 0.4) is 0 Å². The second-order valence-electron chi connectivity index (χ2n) is 6.53. The minimum absolute atomic E-state index is 0.151. The first-order valence-electron chi connectivity index (χ1n) is 8.68. The molecular weight excluding hydrogens is 320 g/mol. The van der Waals surface area contributed by atoms with Gasteiger partial charge in [0.2, 0.25) is 5.91 Å². The van der Waals surface area contributed by atoms with Crippen LogP contribution in [0.1, 0.15) is 36.6 Å². The van der Waals surface area contributed by atoms with Crippen LogP contribution in [0, 0.1) is 5.92 Å². The van der Waals surface area contributed by atoms with E-state index in [1.54, 1.807) is 29.9 Å². The molecule has 2 aromatic rings. The maximum atomic E-state index is 13.0. The molecule has 0 bridgehead atoms. The number of aromatic nitrogens is 2. The molecular formula is C18H22N4OS. The van der Waals surface area contributed by atoms with E-state index in [0.29, 0.717) is 11.9 Å². The Morgan fingerprint density at radius 2 is 2.04 bits per heavy atom. The summed E-state index contributed by atoms with van der Waals surface area (Å²) in [7, 11) is 0. The van der Waals surface area contributed by atoms with Crippen molar-refractivity contribution in [2.75, 3.05) is 24.5 Å². The number of rotatable bonds is 3. The SMILES string of the molecule is O=C(C1CCN(c2cnccn2)CC1)N1CCCC1c1cccs1. The Labute approximate surface area is 146 Å². The molecule has 0 saturated carbocycles. The highest BCUT2D eigenvalue weighted by Crippen LogP contribution is 2.36. The second kappa shape index (κ2) is 6.89. The largest absolute Gasteiger partial charge is 0.355 e. The molecule has 0 aliphatic carbocycles. The van der Waals surface area contributed by atoms with Gasteiger partial charge in [-0.1, -0.05) is 6.07 Å². The van der Waals surface area contributed by atoms with Crippen molar-refractivity contribution in [2.24, 2.45) is 5.92 Å². The third-order valence-electron chi connectivity index (χ3n) is 5.13. The molecule has 0 aromatic carbocycles. The van der Waals surface area contributed by atoms with Gasteiger partial charge < -0.3 is 9.80 Å². The van der Waals surface area contributed by atoms with Gasteiger partial charge in [-0.2, -0.15) is 0 Å². The van der Waals surface area contributed by atoms with E-state index in [-0.39, 0.29) is 5.92 Å². The van der Waals surface area contributed by atoms with E-state index in [2.05, 4.69) is 37.3 Å². The second-order valence-corrected chi connectivity index (χ2v) is 7.51. The first-order valence-corrected chi connectivity index (χ1v) is 9.56. The molecule has 0 N–H and O–H groups in total. The maximum absolute atomic E-state index is 13.0. The zero-order chi connectivity index (χ0) is 16.4. The molecule has 4 rings (SSSR count). The molecule has 1 atom stereocenters. The maximum Gasteiger partial charge on any atom is 0.226 e. The van der Waals surface area contributed by atoms with Gasteiger partial charge in [0.15, 0.2) is 0 Å². The average molecular weight is 342 g/mol. The molecule has 0 radical (unpaired) electrons. The van der Waals surface area contributed by atoms with Crippen LogP contribution < -0.4 is 4.90 Å². The van der Waals surface area contributed by atoms with Crippen molar-refractivity contribution in [1.29, 1.82) is 0 Å². The zero-order valence-corrected chi connectivity index (χ0v) is 14.5. The number of carbonyl (C=O) groups is 1. The van der Waals surface area contributed by atoms with Crippen molar-refractivity contribution in [3.8, 4) is 0 Å². The lowest BCUT2D eigenvalue weighted by molar-refractivity contribution is -0.137. The Bertz CT molecular complexity index is 668. The Morgan fingerprint density at radius 1 is 1.17 bits per heavy atom. The summed E-state index contributed by atoms with van der Waals surface area (Å²) >= 11 is 1.77. The van der Waals surface area contributed by atoms with Gasteiger partial charge in [0.25, 0.3) is 0 Å². The Kier molecular flexibility index (Phi) is 4.47. The quantitative estimate of drug-likeness (QED) is 0.860. The van der Waals surface area contributed by atoms with Gasteiger partial charge in [0, 0.05) is 42.8 Å². The molecule has 2 aliphatic rings. The normalized spacial score (nSPS) is 22.1. The highest BCUT2D eigenvalue weighted by atomic mass is 32.1. The number of nitrogens with zero attached hydrogens (tertiary/aromatic N) is 4. The Morgan fingerprint density at radius 3 is 2.75 bits per heavy atom. The summed E-state index contributed by atoms with van der Waals surface area (Å²) < 4.78 is 0. The highest BCUT2D eigenvalue weighted by molar-refractivity contribution is 7.10. The third-order valence-corrected chi connectivity index (χ3v) is 6.10. The average Bonchev–Trinajstić information content (AvgIpc) is 3.33. The van der Waals surface area contributed by atoms with Crippen LogP contribution >= 0.6 is 11.3 Å². The predicted molar refractivity (Wildman–Crippen MR) is 95.0 cm³/mol. The number of anilines is 1. The number of hydrogen-bond acceptors (Lipinski definition) is 5. The lowest BCUT2D eigenvalue weighted by Gasteiger charge is -2.35. The van der Waals surface area contributed by atoms with E-state index >= 15 is 0 Å². The van der Waals surface area contributed by atoms with Gasteiger partial charge in [0.1, 0.15) is 5.82 Å². The van der Waals surface area contributed by atoms with Gasteiger partial charge in [-0.05, 0) is 37.1 Å². The van der Waals surface area contributed by atoms with E-state index in [4.69, 9.17) is 0 Å². The molecule has 2 saturated heterocycles. The summed E-state index contributed by atoms with van der Waals surface area (Å²) in [4.78, 5) is 27.2. The molecule has 1 unspecified atom stereocenters. The molecule has 126 valence electrons. The summed E-state index contributed by atoms with van der Waals surface area (Å²) in [6, 6.07) is 4.55. The Balaban J connectivity index is 1.39. The number of carbonyl (C=O) groups excluding carboxylic acids is 1. The number of thiophene rings is 1. The summed E-state index contributed by atoms with van der Waals surface area (Å²) in [5.74, 6) is 1.42. The topological polar surface area (TPSA) is 49.3 Å². The summed E-state index contributed by atoms with van der Waals surface area (Å²) in [6.45, 7) is 2.67. The summed E-state index contributed by atoms with van der Waals surface area (Å²) in [5.41, 5.74) is 0. The molecule has 2 fully saturated rings. The predicted octanol–water partition coefficient (Wildman–Crippen LogP) is 3.12. The first-order chi connectivity index (χ1) is 11.8. The van der Waals surface area contributed by atoms with Crippen LogP contribution in [0.15, 0.2) is 36.1 Å². The van der Waals surface area contributed by atoms with E-state index in [1.807, 2.05) is 0 Å². The van der Waals surface area contributed by atoms with Crippen LogP contribution in [0.25, 0.3) is 0 Å². The summed E-state index contributed by atoms with van der Waals surface area (Å²) in [5, 5.41) is 2.11. The van der Waals surface area contributed by atoms with Crippen molar-refractivity contribution >= 4 is 23.1 Å². The van der Waals surface area contributed by atoms with E-state index in [1.165, 1.54) is 4.88 Å². The molecule has 24 heavy (non-hydrogen) atoms. The smallest absolute Gasteiger partial charge is 0.226 e. The van der Waals surface area contributed by atoms with Crippen molar-refractivity contribution in [2.45, 2.75) is 31.7 Å². The molecule has 2 aromatic heterocycles. The van der Waals surface area contributed by atoms with E-state index < -0.39 is 0 Å². The van der Waals surface area contributed by atoms with Crippen molar-refractivity contribution in [3.05, 3.63) is 41.0 Å². The van der Waals surface area contributed by atoms with Crippen molar-refractivity contribution in [3.63, 3.8) is 0 Å². The molecule has 0 spiro atoms. The van der Waals surface area contributed by atoms with Gasteiger partial charge >= 0.3 is 0 Å². The van der Waals surface area contributed by atoms with Gasteiger partial charge in [-0.25, -0.2) is 4.98 Å². The van der Waals surface area contributed by atoms with E-state index in [9.17, 15) is 4.79 Å². The van der Waals surface area contributed by atoms with Gasteiger partial charge in [-0.15, -0.1) is 11.3 Å². The van der Waals surface area contributed by atoms with Gasteiger partial charge in [-0.3, -0.25) is 9.78 Å². The van der Waals surface area contributed by atoms with Crippen LogP contribution in [0.5, 0.6) is 0 Å². The van der Waals surface area contributed by atoms with Crippen LogP contribution in [-0.2, 0) is 4.79 Å². The number of amides is 1. The third kappa shape index (κ3) is 3.02. The Hall–Kier alpha value is -1.95. The number of piperidine rings is 1. The fraction of sp³-hybridized carbons (Fsp3) is 0.500. The van der Waals surface area contributed by atoms with Crippen LogP contribution in [0.4, 0.5) is 5.82 Å². The van der Waals surface area contributed by atoms with Crippen LogP contribution in [-0.4, -0.2) is 40.4 Å². The molecule has 1 amide bonds. The minimum Gasteiger partial charge on any atom is -0.355 e. The fourth-order valence-corrected chi connectivity index (χ4v) is 4.73. The standard InChI is InChI=1S/C18H22N4OS/c23-18(22-9-1-3-15(22)16-4-2-12-24-16)14-5-10-21(11-6-14)17-13-19-7-8-20-17/h2,4,7-8,12-15H,1,3,5-6,9-11H2. The van der Waals surface area contributed by atoms with Crippen molar-refractivity contribution in [1.82, 2.24) is 14.9 Å². The lowest BCUT2D eigenvalue weighted by Crippen LogP contribution is -2.42. The highest BCUT2D eigenvalue weighted by Gasteiger charge is 2.35. The molecule has 6 heteroatoms. The first kappa shape index (κ1) is 15.6. The molecule has 2 aliphatic heterocycles. The molecule has 5 nitrogen and oxygen atoms in total. The molecule has 4 heterocycles. The van der Waals surface area contributed by atoms with Gasteiger partial charge in [0.05, 0.1) is 12.2 Å². The lowest BCUT2D eigenvalue weighted by atomic mass is 9.95. The number of hydrogen-bond donors (Lipinski definition) is 0. The zero-order valence-electron chi connectivity index (χ0n) is 13.7. The minimum atomic E-state index is 0.151.